The number of hydrogen-bond acceptors (Lipinski definition) is 6. The largest absolute Gasteiger partial charge is 0.481 e. The number of rotatable bonds is 6. The highest BCUT2D eigenvalue weighted by molar-refractivity contribution is 8.13. The fourth-order valence-corrected chi connectivity index (χ4v) is 3.22. The lowest BCUT2D eigenvalue weighted by Gasteiger charge is -2.29. The highest BCUT2D eigenvalue weighted by Gasteiger charge is 2.39. The van der Waals surface area contributed by atoms with Crippen molar-refractivity contribution in [1.82, 2.24) is 4.90 Å². The van der Waals surface area contributed by atoms with Crippen molar-refractivity contribution in [1.29, 1.82) is 0 Å². The van der Waals surface area contributed by atoms with E-state index < -0.39 is 35.4 Å². The van der Waals surface area contributed by atoms with Crippen LogP contribution in [0.3, 0.4) is 0 Å². The van der Waals surface area contributed by atoms with Crippen molar-refractivity contribution >= 4 is 34.7 Å². The molecule has 0 radical (unpaired) electrons. The lowest BCUT2D eigenvalue weighted by Crippen LogP contribution is -2.46. The molecule has 136 valence electrons. The number of carbonyl (C=O) groups is 4. The summed E-state index contributed by atoms with van der Waals surface area (Å²) < 4.78 is 5.35. The van der Waals surface area contributed by atoms with Crippen LogP contribution in [-0.4, -0.2) is 56.9 Å². The van der Waals surface area contributed by atoms with Crippen LogP contribution >= 0.6 is 11.8 Å². The molecule has 1 unspecified atom stereocenters. The molecule has 0 aromatic heterocycles. The first-order chi connectivity index (χ1) is 11.0. The molecule has 1 N–H and O–H groups in total. The highest BCUT2D eigenvalue weighted by atomic mass is 32.2. The van der Waals surface area contributed by atoms with Gasteiger partial charge in [-0.1, -0.05) is 11.8 Å². The van der Waals surface area contributed by atoms with E-state index in [9.17, 15) is 19.2 Å². The minimum absolute atomic E-state index is 0.0952. The maximum absolute atomic E-state index is 12.7. The third-order valence-corrected chi connectivity index (χ3v) is 4.45. The quantitative estimate of drug-likeness (QED) is 0.720. The summed E-state index contributed by atoms with van der Waals surface area (Å²) in [6.07, 6.45) is 0.798. The first-order valence-electron chi connectivity index (χ1n) is 7.89. The first kappa shape index (κ1) is 20.5. The van der Waals surface area contributed by atoms with Crippen LogP contribution in [0.5, 0.6) is 0 Å². The van der Waals surface area contributed by atoms with E-state index in [-0.39, 0.29) is 17.3 Å². The van der Waals surface area contributed by atoms with E-state index in [1.807, 2.05) is 0 Å². The molecule has 1 fully saturated rings. The van der Waals surface area contributed by atoms with Crippen LogP contribution in [0.4, 0.5) is 0 Å². The van der Waals surface area contributed by atoms with Crippen molar-refractivity contribution in [2.75, 3.05) is 12.3 Å². The summed E-state index contributed by atoms with van der Waals surface area (Å²) in [4.78, 5) is 48.5. The Labute approximate surface area is 146 Å². The van der Waals surface area contributed by atoms with Gasteiger partial charge in [-0.3, -0.25) is 14.4 Å². The van der Waals surface area contributed by atoms with E-state index >= 15 is 0 Å². The smallest absolute Gasteiger partial charge is 0.329 e. The number of carboxylic acid groups (broad SMARTS) is 1. The fourth-order valence-electron chi connectivity index (χ4n) is 2.53. The first-order valence-corrected chi connectivity index (χ1v) is 8.88. The molecule has 8 heteroatoms. The summed E-state index contributed by atoms with van der Waals surface area (Å²) in [5, 5.41) is 8.83. The summed E-state index contributed by atoms with van der Waals surface area (Å²) in [5.74, 6) is -2.72. The van der Waals surface area contributed by atoms with Crippen LogP contribution in [0.25, 0.3) is 0 Å². The topological polar surface area (TPSA) is 101 Å². The van der Waals surface area contributed by atoms with Gasteiger partial charge in [0.2, 0.25) is 5.91 Å². The fraction of sp³-hybridized carbons (Fsp3) is 0.750. The molecule has 2 atom stereocenters. The summed E-state index contributed by atoms with van der Waals surface area (Å²) in [7, 11) is 0. The molecule has 1 heterocycles. The van der Waals surface area contributed by atoms with Gasteiger partial charge < -0.3 is 14.7 Å². The number of esters is 1. The van der Waals surface area contributed by atoms with Crippen molar-refractivity contribution in [3.8, 4) is 0 Å². The van der Waals surface area contributed by atoms with Crippen molar-refractivity contribution in [2.45, 2.75) is 58.6 Å². The predicted molar refractivity (Wildman–Crippen MR) is 89.5 cm³/mol. The van der Waals surface area contributed by atoms with E-state index in [2.05, 4.69) is 0 Å². The minimum Gasteiger partial charge on any atom is -0.481 e. The zero-order valence-electron chi connectivity index (χ0n) is 14.5. The van der Waals surface area contributed by atoms with E-state index in [0.717, 1.165) is 11.8 Å². The summed E-state index contributed by atoms with van der Waals surface area (Å²) in [6.45, 7) is 7.02. The second kappa shape index (κ2) is 8.50. The Hall–Kier alpha value is -1.57. The normalized spacial score (nSPS) is 19.0. The lowest BCUT2D eigenvalue weighted by atomic mass is 10.1. The standard InChI is InChI=1S/C16H25NO6S/c1-10(18)24-9-11(8-13(19)20)14(21)17-7-5-6-12(17)15(22)23-16(2,3)4/h11-12H,5-9H2,1-4H3,(H,19,20)/t11?,12-/m0/s1. The van der Waals surface area contributed by atoms with Crippen LogP contribution in [0, 0.1) is 5.92 Å². The molecule has 1 saturated heterocycles. The molecule has 1 rings (SSSR count). The van der Waals surface area contributed by atoms with Crippen LogP contribution < -0.4 is 0 Å². The van der Waals surface area contributed by atoms with Gasteiger partial charge in [0.25, 0.3) is 0 Å². The van der Waals surface area contributed by atoms with Gasteiger partial charge in [0.05, 0.1) is 12.3 Å². The third-order valence-electron chi connectivity index (χ3n) is 3.47. The average Bonchev–Trinajstić information content (AvgIpc) is 2.89. The summed E-state index contributed by atoms with van der Waals surface area (Å²) in [6, 6.07) is -0.685. The number of ether oxygens (including phenoxy) is 1. The third kappa shape index (κ3) is 6.51. The Kier molecular flexibility index (Phi) is 7.26. The number of amides is 1. The van der Waals surface area contributed by atoms with E-state index in [1.165, 1.54) is 11.8 Å². The van der Waals surface area contributed by atoms with Gasteiger partial charge >= 0.3 is 11.9 Å². The Morgan fingerprint density at radius 2 is 1.92 bits per heavy atom. The van der Waals surface area contributed by atoms with Gasteiger partial charge in [0.1, 0.15) is 11.6 Å². The maximum Gasteiger partial charge on any atom is 0.329 e. The van der Waals surface area contributed by atoms with Gasteiger partial charge in [-0.25, -0.2) is 4.79 Å². The molecule has 1 aliphatic heterocycles. The zero-order chi connectivity index (χ0) is 18.5. The number of aliphatic carboxylic acids is 1. The minimum atomic E-state index is -1.11. The molecule has 0 aromatic rings. The molecule has 7 nitrogen and oxygen atoms in total. The maximum atomic E-state index is 12.7. The summed E-state index contributed by atoms with van der Waals surface area (Å²) in [5.41, 5.74) is -0.653. The number of hydrogen-bond donors (Lipinski definition) is 1. The zero-order valence-corrected chi connectivity index (χ0v) is 15.4. The number of nitrogens with zero attached hydrogens (tertiary/aromatic N) is 1. The van der Waals surface area contributed by atoms with Crippen LogP contribution in [0.1, 0.15) is 47.0 Å². The number of carbonyl (C=O) groups excluding carboxylic acids is 3. The average molecular weight is 359 g/mol. The summed E-state index contributed by atoms with van der Waals surface area (Å²) >= 11 is 0.922. The molecule has 0 aliphatic carbocycles. The molecular weight excluding hydrogens is 334 g/mol. The Balaban J connectivity index is 2.84. The van der Waals surface area contributed by atoms with E-state index in [4.69, 9.17) is 9.84 Å². The number of thioether (sulfide) groups is 1. The molecule has 0 aromatic carbocycles. The monoisotopic (exact) mass is 359 g/mol. The van der Waals surface area contributed by atoms with E-state index in [0.29, 0.717) is 19.4 Å². The van der Waals surface area contributed by atoms with Crippen molar-refractivity contribution in [2.24, 2.45) is 5.92 Å². The van der Waals surface area contributed by atoms with Crippen LogP contribution in [0.15, 0.2) is 0 Å². The molecule has 0 spiro atoms. The molecular formula is C16H25NO6S. The second-order valence-corrected chi connectivity index (χ2v) is 8.02. The molecule has 1 amide bonds. The second-order valence-electron chi connectivity index (χ2n) is 6.82. The van der Waals surface area contributed by atoms with Crippen molar-refractivity contribution in [3.05, 3.63) is 0 Å². The van der Waals surface area contributed by atoms with Gasteiger partial charge in [0, 0.05) is 19.2 Å². The Morgan fingerprint density at radius 1 is 1.29 bits per heavy atom. The van der Waals surface area contributed by atoms with E-state index in [1.54, 1.807) is 20.8 Å². The molecule has 0 bridgehead atoms. The number of carboxylic acids is 1. The van der Waals surface area contributed by atoms with Gasteiger partial charge in [0.15, 0.2) is 5.12 Å². The van der Waals surface area contributed by atoms with Gasteiger partial charge in [-0.05, 0) is 33.6 Å². The van der Waals surface area contributed by atoms with Crippen molar-refractivity contribution in [3.63, 3.8) is 0 Å². The Morgan fingerprint density at radius 3 is 2.42 bits per heavy atom. The predicted octanol–water partition coefficient (Wildman–Crippen LogP) is 1.69. The van der Waals surface area contributed by atoms with Crippen LogP contribution in [-0.2, 0) is 23.9 Å². The Bertz CT molecular complexity index is 513. The molecule has 24 heavy (non-hydrogen) atoms. The SMILES string of the molecule is CC(=O)SCC(CC(=O)O)C(=O)N1CCC[C@H]1C(=O)OC(C)(C)C. The lowest BCUT2D eigenvalue weighted by molar-refractivity contribution is -0.164. The molecule has 1 aliphatic rings. The van der Waals surface area contributed by atoms with Gasteiger partial charge in [-0.2, -0.15) is 0 Å². The highest BCUT2D eigenvalue weighted by Crippen LogP contribution is 2.25. The van der Waals surface area contributed by atoms with Gasteiger partial charge in [-0.15, -0.1) is 0 Å². The molecule has 0 saturated carbocycles. The van der Waals surface area contributed by atoms with Crippen LogP contribution in [0.2, 0.25) is 0 Å². The van der Waals surface area contributed by atoms with Crippen molar-refractivity contribution < 1.29 is 29.0 Å². The number of likely N-dealkylation sites (tertiary alicyclic amines) is 1.